The molecule has 4 atom stereocenters. The molecule has 2 fully saturated rings. The van der Waals surface area contributed by atoms with E-state index in [1.165, 1.54) is 11.0 Å². The van der Waals surface area contributed by atoms with Gasteiger partial charge in [-0.15, -0.1) is 0 Å². The minimum Gasteiger partial charge on any atom is -0.343 e. The molecule has 2 saturated heterocycles. The lowest BCUT2D eigenvalue weighted by Gasteiger charge is -2.32. The average molecular weight is 559 g/mol. The first-order chi connectivity index (χ1) is 19.9. The number of fused-ring (bicyclic) bond motifs is 1. The molecule has 4 amide bonds. The van der Waals surface area contributed by atoms with E-state index in [4.69, 9.17) is 0 Å². The number of carbonyl (C=O) groups is 5. The van der Waals surface area contributed by atoms with Gasteiger partial charge < -0.3 is 20.9 Å². The zero-order valence-corrected chi connectivity index (χ0v) is 23.4. The first-order valence-corrected chi connectivity index (χ1v) is 14.3. The summed E-state index contributed by atoms with van der Waals surface area (Å²) in [5, 5.41) is 8.60. The molecule has 2 aliphatic heterocycles. The van der Waals surface area contributed by atoms with E-state index < -0.39 is 41.9 Å². The summed E-state index contributed by atoms with van der Waals surface area (Å²) < 4.78 is 0. The van der Waals surface area contributed by atoms with Gasteiger partial charge in [0.1, 0.15) is 24.2 Å². The Labute approximate surface area is 240 Å². The minimum atomic E-state index is -0.971. The molecule has 9 heteroatoms. The van der Waals surface area contributed by atoms with Gasteiger partial charge in [-0.2, -0.15) is 0 Å². The Morgan fingerprint density at radius 1 is 0.805 bits per heavy atom. The lowest BCUT2D eigenvalue weighted by atomic mass is 10.0. The molecular formula is C32H38N4O5. The topological polar surface area (TPSA) is 125 Å². The van der Waals surface area contributed by atoms with Gasteiger partial charge in [0.2, 0.25) is 23.6 Å². The van der Waals surface area contributed by atoms with Crippen LogP contribution in [0, 0.1) is 0 Å². The Morgan fingerprint density at radius 3 is 2.00 bits per heavy atom. The lowest BCUT2D eigenvalue weighted by Crippen LogP contribution is -2.61. The van der Waals surface area contributed by atoms with Crippen LogP contribution in [0.3, 0.4) is 0 Å². The predicted molar refractivity (Wildman–Crippen MR) is 154 cm³/mol. The zero-order valence-electron chi connectivity index (χ0n) is 23.4. The standard InChI is InChI=1S/C32H38N4O5/c1-2-24(37)16-9-10-17-25-29(38)34-26(20-22-12-5-3-6-13-22)30(39)35-27(21-23-14-7-4-8-15-23)32(41)36-19-11-18-28(36)31(40)33-25/h3-9,12-16,25-28H,2,10-11,17-21H2,1H3,(H,33,40)(H,34,38)(H,35,39)/b16-9+/t25-,26-,27-,28+/m0/s1. The van der Waals surface area contributed by atoms with Crippen LogP contribution < -0.4 is 16.0 Å². The first-order valence-electron chi connectivity index (χ1n) is 14.3. The van der Waals surface area contributed by atoms with E-state index in [-0.39, 0.29) is 31.0 Å². The molecule has 2 aromatic rings. The number of amides is 4. The summed E-state index contributed by atoms with van der Waals surface area (Å²) in [7, 11) is 0. The SMILES string of the molecule is CCC(=O)/C=C/CC[C@@H]1NC(=O)[C@H]2CCCN2C(=O)[C@H](Cc2ccccc2)NC(=O)[C@H](Cc2ccccc2)NC1=O. The van der Waals surface area contributed by atoms with Crippen molar-refractivity contribution in [2.75, 3.05) is 6.54 Å². The summed E-state index contributed by atoms with van der Waals surface area (Å²) in [5.41, 5.74) is 1.71. The Bertz CT molecular complexity index is 1260. The van der Waals surface area contributed by atoms with E-state index in [0.29, 0.717) is 32.2 Å². The van der Waals surface area contributed by atoms with Gasteiger partial charge in [0.25, 0.3) is 0 Å². The van der Waals surface area contributed by atoms with Crippen molar-refractivity contribution in [1.82, 2.24) is 20.9 Å². The van der Waals surface area contributed by atoms with Crippen LogP contribution in [-0.4, -0.2) is 65.0 Å². The van der Waals surface area contributed by atoms with Crippen molar-refractivity contribution in [3.63, 3.8) is 0 Å². The summed E-state index contributed by atoms with van der Waals surface area (Å²) in [4.78, 5) is 67.8. The number of hydrogen-bond donors (Lipinski definition) is 3. The average Bonchev–Trinajstić information content (AvgIpc) is 3.48. The highest BCUT2D eigenvalue weighted by Crippen LogP contribution is 2.21. The largest absolute Gasteiger partial charge is 0.343 e. The van der Waals surface area contributed by atoms with Crippen molar-refractivity contribution < 1.29 is 24.0 Å². The maximum atomic E-state index is 13.9. The Hall–Kier alpha value is -4.27. The van der Waals surface area contributed by atoms with Gasteiger partial charge in [0.05, 0.1) is 0 Å². The van der Waals surface area contributed by atoms with Gasteiger partial charge in [-0.3, -0.25) is 24.0 Å². The second kappa shape index (κ2) is 14.4. The van der Waals surface area contributed by atoms with Crippen LogP contribution in [0.15, 0.2) is 72.8 Å². The van der Waals surface area contributed by atoms with Crippen LogP contribution in [-0.2, 0) is 36.8 Å². The van der Waals surface area contributed by atoms with Crippen LogP contribution in [0.2, 0.25) is 0 Å². The summed E-state index contributed by atoms with van der Waals surface area (Å²) in [6.45, 7) is 2.16. The van der Waals surface area contributed by atoms with Crippen LogP contribution in [0.1, 0.15) is 50.2 Å². The number of nitrogens with zero attached hydrogens (tertiary/aromatic N) is 1. The molecule has 0 spiro atoms. The predicted octanol–water partition coefficient (Wildman–Crippen LogP) is 2.25. The van der Waals surface area contributed by atoms with Crippen molar-refractivity contribution >= 4 is 29.4 Å². The van der Waals surface area contributed by atoms with E-state index in [1.807, 2.05) is 60.7 Å². The fourth-order valence-electron chi connectivity index (χ4n) is 5.29. The highest BCUT2D eigenvalue weighted by molar-refractivity contribution is 5.98. The molecule has 2 aliphatic rings. The van der Waals surface area contributed by atoms with E-state index in [9.17, 15) is 24.0 Å². The van der Waals surface area contributed by atoms with E-state index >= 15 is 0 Å². The second-order valence-corrected chi connectivity index (χ2v) is 10.6. The third-order valence-electron chi connectivity index (χ3n) is 7.56. The summed E-state index contributed by atoms with van der Waals surface area (Å²) in [5.74, 6) is -1.69. The highest BCUT2D eigenvalue weighted by Gasteiger charge is 2.40. The van der Waals surface area contributed by atoms with E-state index in [0.717, 1.165) is 11.1 Å². The molecule has 2 heterocycles. The summed E-state index contributed by atoms with van der Waals surface area (Å²) in [6.07, 6.45) is 5.75. The number of ketones is 1. The van der Waals surface area contributed by atoms with Crippen molar-refractivity contribution in [3.8, 4) is 0 Å². The minimum absolute atomic E-state index is 0.0260. The van der Waals surface area contributed by atoms with Gasteiger partial charge in [0.15, 0.2) is 5.78 Å². The maximum absolute atomic E-state index is 13.9. The molecule has 216 valence electrons. The molecular weight excluding hydrogens is 520 g/mol. The van der Waals surface area contributed by atoms with Crippen LogP contribution in [0.4, 0.5) is 0 Å². The lowest BCUT2D eigenvalue weighted by molar-refractivity contribution is -0.143. The number of hydrogen-bond acceptors (Lipinski definition) is 5. The molecule has 9 nitrogen and oxygen atoms in total. The third-order valence-corrected chi connectivity index (χ3v) is 7.56. The van der Waals surface area contributed by atoms with Gasteiger partial charge in [0, 0.05) is 25.8 Å². The zero-order chi connectivity index (χ0) is 29.2. The van der Waals surface area contributed by atoms with Crippen molar-refractivity contribution in [2.24, 2.45) is 0 Å². The van der Waals surface area contributed by atoms with Gasteiger partial charge in [-0.25, -0.2) is 0 Å². The smallest absolute Gasteiger partial charge is 0.246 e. The molecule has 0 aromatic heterocycles. The molecule has 3 N–H and O–H groups in total. The highest BCUT2D eigenvalue weighted by atomic mass is 16.2. The molecule has 0 saturated carbocycles. The first kappa shape index (κ1) is 29.7. The number of nitrogens with one attached hydrogen (secondary N) is 3. The summed E-state index contributed by atoms with van der Waals surface area (Å²) >= 11 is 0. The van der Waals surface area contributed by atoms with Crippen LogP contribution in [0.25, 0.3) is 0 Å². The fourth-order valence-corrected chi connectivity index (χ4v) is 5.29. The van der Waals surface area contributed by atoms with E-state index in [2.05, 4.69) is 16.0 Å². The van der Waals surface area contributed by atoms with Gasteiger partial charge >= 0.3 is 0 Å². The van der Waals surface area contributed by atoms with Crippen molar-refractivity contribution in [1.29, 1.82) is 0 Å². The van der Waals surface area contributed by atoms with Crippen LogP contribution in [0.5, 0.6) is 0 Å². The molecule has 0 bridgehead atoms. The Balaban J connectivity index is 1.64. The number of carbonyl (C=O) groups excluding carboxylic acids is 5. The molecule has 41 heavy (non-hydrogen) atoms. The molecule has 4 rings (SSSR count). The Kier molecular flexibility index (Phi) is 10.4. The number of rotatable bonds is 9. The molecule has 0 radical (unpaired) electrons. The second-order valence-electron chi connectivity index (χ2n) is 10.6. The molecule has 0 aliphatic carbocycles. The molecule has 2 aromatic carbocycles. The van der Waals surface area contributed by atoms with Crippen molar-refractivity contribution in [3.05, 3.63) is 83.9 Å². The fraction of sp³-hybridized carbons (Fsp3) is 0.406. The van der Waals surface area contributed by atoms with Gasteiger partial charge in [-0.1, -0.05) is 73.7 Å². The normalized spacial score (nSPS) is 23.7. The van der Waals surface area contributed by atoms with Crippen LogP contribution >= 0.6 is 0 Å². The Morgan fingerprint density at radius 2 is 1.37 bits per heavy atom. The number of benzene rings is 2. The third kappa shape index (κ3) is 8.13. The van der Waals surface area contributed by atoms with E-state index in [1.54, 1.807) is 13.0 Å². The number of allylic oxidation sites excluding steroid dienone is 2. The van der Waals surface area contributed by atoms with Crippen molar-refractivity contribution in [2.45, 2.75) is 76.0 Å². The summed E-state index contributed by atoms with van der Waals surface area (Å²) in [6, 6.07) is 15.2. The van der Waals surface area contributed by atoms with Gasteiger partial charge in [-0.05, 0) is 42.9 Å². The quantitative estimate of drug-likeness (QED) is 0.407. The molecule has 0 unspecified atom stereocenters. The monoisotopic (exact) mass is 558 g/mol. The maximum Gasteiger partial charge on any atom is 0.246 e.